The molecule has 1 amide bonds. The van der Waals surface area contributed by atoms with Crippen molar-refractivity contribution in [3.63, 3.8) is 0 Å². The van der Waals surface area contributed by atoms with Crippen LogP contribution in [0.4, 0.5) is 0 Å². The van der Waals surface area contributed by atoms with Crippen LogP contribution < -0.4 is 10.1 Å². The summed E-state index contributed by atoms with van der Waals surface area (Å²) in [6.45, 7) is 2.34. The number of methoxy groups -OCH3 is 1. The molecule has 1 aromatic carbocycles. The Morgan fingerprint density at radius 3 is 2.64 bits per heavy atom. The van der Waals surface area contributed by atoms with Gasteiger partial charge in [0, 0.05) is 35.9 Å². The Balaban J connectivity index is 1.57. The highest BCUT2D eigenvalue weighted by atomic mass is 16.5. The molecule has 2 aromatic rings. The number of ether oxygens (including phenoxy) is 1. The highest BCUT2D eigenvalue weighted by molar-refractivity contribution is 6.03. The second-order valence-electron chi connectivity index (χ2n) is 8.00. The highest BCUT2D eigenvalue weighted by Gasteiger charge is 2.38. The number of carbonyl (C=O) groups excluding carboxylic acids is 2. The molecule has 0 saturated heterocycles. The lowest BCUT2D eigenvalue weighted by atomic mass is 9.78. The number of amides is 1. The predicted molar refractivity (Wildman–Crippen MR) is 106 cm³/mol. The van der Waals surface area contributed by atoms with E-state index < -0.39 is 0 Å². The molecule has 1 saturated carbocycles. The van der Waals surface area contributed by atoms with E-state index in [0.29, 0.717) is 29.9 Å². The first-order chi connectivity index (χ1) is 13.6. The fourth-order valence-electron chi connectivity index (χ4n) is 4.87. The maximum absolute atomic E-state index is 12.9. The number of rotatable bonds is 5. The summed E-state index contributed by atoms with van der Waals surface area (Å²) in [7, 11) is 1.69. The number of Topliss-reactive ketones (excluding diaryl/α,β-unsaturated/α-hetero) is 1. The zero-order valence-electron chi connectivity index (χ0n) is 16.6. The maximum Gasteiger partial charge on any atom is 0.287 e. The van der Waals surface area contributed by atoms with E-state index in [-0.39, 0.29) is 22.9 Å². The lowest BCUT2D eigenvalue weighted by molar-refractivity contribution is 0.0909. The first-order valence-corrected chi connectivity index (χ1v) is 10.1. The summed E-state index contributed by atoms with van der Waals surface area (Å²) in [5.41, 5.74) is 2.32. The van der Waals surface area contributed by atoms with Crippen molar-refractivity contribution in [1.82, 2.24) is 5.32 Å². The van der Waals surface area contributed by atoms with Gasteiger partial charge in [0.05, 0.1) is 12.7 Å². The van der Waals surface area contributed by atoms with Crippen molar-refractivity contribution in [2.24, 2.45) is 0 Å². The van der Waals surface area contributed by atoms with E-state index in [4.69, 9.17) is 9.15 Å². The van der Waals surface area contributed by atoms with Crippen LogP contribution in [-0.4, -0.2) is 25.3 Å². The Bertz CT molecular complexity index is 905. The zero-order valence-corrected chi connectivity index (χ0v) is 16.6. The number of ketones is 1. The molecule has 5 nitrogen and oxygen atoms in total. The second kappa shape index (κ2) is 7.46. The molecule has 0 aliphatic heterocycles. The molecule has 1 fully saturated rings. The van der Waals surface area contributed by atoms with Gasteiger partial charge in [-0.25, -0.2) is 0 Å². The summed E-state index contributed by atoms with van der Waals surface area (Å²) in [5.74, 6) is 1.67. The summed E-state index contributed by atoms with van der Waals surface area (Å²) in [4.78, 5) is 25.1. The molecule has 1 aromatic heterocycles. The van der Waals surface area contributed by atoms with Crippen LogP contribution >= 0.6 is 0 Å². The number of fused-ring (bicyclic) bond motifs is 1. The van der Waals surface area contributed by atoms with Gasteiger partial charge >= 0.3 is 0 Å². The predicted octanol–water partition coefficient (Wildman–Crippen LogP) is 4.36. The molecule has 1 heterocycles. The van der Waals surface area contributed by atoms with Crippen molar-refractivity contribution in [3.8, 4) is 5.75 Å². The van der Waals surface area contributed by atoms with Crippen LogP contribution in [0.15, 0.2) is 28.7 Å². The van der Waals surface area contributed by atoms with Gasteiger partial charge in [0.1, 0.15) is 11.5 Å². The third-order valence-corrected chi connectivity index (χ3v) is 6.34. The number of para-hydroxylation sites is 1. The number of benzene rings is 1. The van der Waals surface area contributed by atoms with E-state index in [9.17, 15) is 9.59 Å². The average molecular weight is 381 g/mol. The van der Waals surface area contributed by atoms with Gasteiger partial charge in [-0.05, 0) is 32.3 Å². The molecule has 0 atom stereocenters. The molecule has 5 heteroatoms. The Kier molecular flexibility index (Phi) is 5.00. The summed E-state index contributed by atoms with van der Waals surface area (Å²) in [5, 5.41) is 3.10. The van der Waals surface area contributed by atoms with Crippen LogP contribution in [0.1, 0.15) is 76.3 Å². The standard InChI is InChI=1S/C23H27NO4/c1-15-20-17(25)9-7-11-19(20)28-21(15)22(26)24-14-23(12-5-6-13-23)16-8-3-4-10-18(16)27-2/h3-4,8,10H,5-7,9,11-14H2,1-2H3,(H,24,26). The summed E-state index contributed by atoms with van der Waals surface area (Å²) in [6, 6.07) is 8.08. The number of furan rings is 1. The number of hydrogen-bond acceptors (Lipinski definition) is 4. The SMILES string of the molecule is COc1ccccc1C1(CNC(=O)c2oc3c(c2C)C(=O)CCC3)CCCC1. The van der Waals surface area contributed by atoms with Crippen molar-refractivity contribution in [2.45, 2.75) is 57.3 Å². The molecule has 2 aliphatic rings. The molecule has 1 N–H and O–H groups in total. The van der Waals surface area contributed by atoms with Gasteiger partial charge in [-0.1, -0.05) is 31.0 Å². The molecule has 28 heavy (non-hydrogen) atoms. The Morgan fingerprint density at radius 2 is 1.93 bits per heavy atom. The Morgan fingerprint density at radius 1 is 1.18 bits per heavy atom. The van der Waals surface area contributed by atoms with Crippen LogP contribution in [0.3, 0.4) is 0 Å². The Labute approximate surface area is 165 Å². The van der Waals surface area contributed by atoms with E-state index >= 15 is 0 Å². The topological polar surface area (TPSA) is 68.5 Å². The van der Waals surface area contributed by atoms with Gasteiger partial charge in [-0.2, -0.15) is 0 Å². The minimum Gasteiger partial charge on any atom is -0.496 e. The molecular weight excluding hydrogens is 354 g/mol. The van der Waals surface area contributed by atoms with E-state index in [2.05, 4.69) is 11.4 Å². The number of hydrogen-bond donors (Lipinski definition) is 1. The smallest absolute Gasteiger partial charge is 0.287 e. The van der Waals surface area contributed by atoms with Gasteiger partial charge in [0.15, 0.2) is 11.5 Å². The van der Waals surface area contributed by atoms with Gasteiger partial charge < -0.3 is 14.5 Å². The molecule has 2 aliphatic carbocycles. The minimum absolute atomic E-state index is 0.0860. The minimum atomic E-state index is -0.235. The van der Waals surface area contributed by atoms with E-state index in [0.717, 1.165) is 49.8 Å². The first kappa shape index (κ1) is 18.8. The largest absolute Gasteiger partial charge is 0.496 e. The number of nitrogens with one attached hydrogen (secondary N) is 1. The third-order valence-electron chi connectivity index (χ3n) is 6.34. The van der Waals surface area contributed by atoms with E-state index in [1.165, 1.54) is 0 Å². The average Bonchev–Trinajstić information content (AvgIpc) is 3.32. The first-order valence-electron chi connectivity index (χ1n) is 10.1. The van der Waals surface area contributed by atoms with Crippen molar-refractivity contribution >= 4 is 11.7 Å². The lowest BCUT2D eigenvalue weighted by Gasteiger charge is -2.31. The number of carbonyl (C=O) groups is 2. The Hall–Kier alpha value is -2.56. The number of aryl methyl sites for hydroxylation is 1. The van der Waals surface area contributed by atoms with Crippen molar-refractivity contribution in [2.75, 3.05) is 13.7 Å². The molecule has 0 bridgehead atoms. The highest BCUT2D eigenvalue weighted by Crippen LogP contribution is 2.44. The van der Waals surface area contributed by atoms with E-state index in [1.54, 1.807) is 7.11 Å². The van der Waals surface area contributed by atoms with Crippen LogP contribution in [0.2, 0.25) is 0 Å². The summed E-state index contributed by atoms with van der Waals surface area (Å²) in [6.07, 6.45) is 6.34. The fourth-order valence-corrected chi connectivity index (χ4v) is 4.87. The summed E-state index contributed by atoms with van der Waals surface area (Å²) >= 11 is 0. The molecular formula is C23H27NO4. The lowest BCUT2D eigenvalue weighted by Crippen LogP contribution is -2.39. The van der Waals surface area contributed by atoms with Crippen molar-refractivity contribution in [3.05, 3.63) is 52.5 Å². The van der Waals surface area contributed by atoms with E-state index in [1.807, 2.05) is 25.1 Å². The molecule has 0 radical (unpaired) electrons. The van der Waals surface area contributed by atoms with Gasteiger partial charge in [0.2, 0.25) is 0 Å². The van der Waals surface area contributed by atoms with Crippen LogP contribution in [0.25, 0.3) is 0 Å². The monoisotopic (exact) mass is 381 g/mol. The third kappa shape index (κ3) is 3.13. The van der Waals surface area contributed by atoms with Crippen LogP contribution in [0, 0.1) is 6.92 Å². The van der Waals surface area contributed by atoms with Crippen molar-refractivity contribution in [1.29, 1.82) is 0 Å². The molecule has 0 spiro atoms. The quantitative estimate of drug-likeness (QED) is 0.836. The molecule has 148 valence electrons. The molecule has 0 unspecified atom stereocenters. The fraction of sp³-hybridized carbons (Fsp3) is 0.478. The van der Waals surface area contributed by atoms with Crippen LogP contribution in [-0.2, 0) is 11.8 Å². The second-order valence-corrected chi connectivity index (χ2v) is 8.00. The van der Waals surface area contributed by atoms with Crippen molar-refractivity contribution < 1.29 is 18.7 Å². The summed E-state index contributed by atoms with van der Waals surface area (Å²) < 4.78 is 11.4. The maximum atomic E-state index is 12.9. The van der Waals surface area contributed by atoms with Gasteiger partial charge in [-0.15, -0.1) is 0 Å². The molecule has 4 rings (SSSR count). The van der Waals surface area contributed by atoms with Gasteiger partial charge in [0.25, 0.3) is 5.91 Å². The van der Waals surface area contributed by atoms with Gasteiger partial charge in [-0.3, -0.25) is 9.59 Å². The van der Waals surface area contributed by atoms with Crippen LogP contribution in [0.5, 0.6) is 5.75 Å². The normalized spacial score (nSPS) is 18.0. The zero-order chi connectivity index (χ0) is 19.7.